The van der Waals surface area contributed by atoms with Crippen molar-refractivity contribution in [2.45, 2.75) is 110 Å². The summed E-state index contributed by atoms with van der Waals surface area (Å²) in [7, 11) is 0. The quantitative estimate of drug-likeness (QED) is 0.164. The van der Waals surface area contributed by atoms with Crippen molar-refractivity contribution in [2.24, 2.45) is 0 Å². The number of para-hydroxylation sites is 4. The molecule has 0 N–H and O–H groups in total. The van der Waals surface area contributed by atoms with E-state index in [-0.39, 0.29) is 33.8 Å². The Kier molecular flexibility index (Phi) is 10.9. The number of rotatable bonds is 4. The molecule has 0 saturated heterocycles. The first-order valence-electron chi connectivity index (χ1n) is 29.6. The van der Waals surface area contributed by atoms with Crippen LogP contribution in [0.5, 0.6) is 34.5 Å². The van der Waals surface area contributed by atoms with Gasteiger partial charge in [0.1, 0.15) is 34.5 Å². The molecule has 0 amide bonds. The van der Waals surface area contributed by atoms with Crippen molar-refractivity contribution >= 4 is 57.2 Å². The molecule has 0 unspecified atom stereocenters. The second-order valence-electron chi connectivity index (χ2n) is 27.4. The monoisotopic (exact) mass is 1080 g/mol. The lowest BCUT2D eigenvalue weighted by molar-refractivity contribution is 0.414. The van der Waals surface area contributed by atoms with Crippen LogP contribution in [-0.4, -0.2) is 6.71 Å². The molecule has 10 aromatic carbocycles. The first kappa shape index (κ1) is 51.2. The standard InChI is InChI=1S/C77H69BN2O3/c1-73(2,3)49-33-30-46(31-34-49)52-41-50(74(4,5)6)35-37-61(52)80-64-42-57-68(81-66-28-20-17-25-54(66)76(57,9)10)44-59(64)78-60-45-69-58(77(11,12)55-26-18-21-29-67(55)82-69)43-70(60)83-71-40-48(39-65(80)72(71)78)47-32-36-63-56(38-47)75(7,8)53-24-16-19-27-62(53)79(63)51-22-14-13-15-23-51/h13-45H,1-12H3. The third-order valence-electron chi connectivity index (χ3n) is 19.1. The maximum Gasteiger partial charge on any atom is 0.256 e. The minimum Gasteiger partial charge on any atom is -0.458 e. The van der Waals surface area contributed by atoms with Crippen molar-refractivity contribution < 1.29 is 14.2 Å². The normalized spacial score (nSPS) is 16.0. The molecule has 0 aliphatic carbocycles. The van der Waals surface area contributed by atoms with Crippen LogP contribution in [0.2, 0.25) is 0 Å². The molecule has 5 aliphatic rings. The third-order valence-corrected chi connectivity index (χ3v) is 19.1. The van der Waals surface area contributed by atoms with Gasteiger partial charge in [-0.05, 0) is 157 Å². The number of anilines is 6. The van der Waals surface area contributed by atoms with Gasteiger partial charge in [-0.3, -0.25) is 0 Å². The molecule has 5 nitrogen and oxygen atoms in total. The van der Waals surface area contributed by atoms with Crippen LogP contribution in [-0.2, 0) is 27.1 Å². The Balaban J connectivity index is 1.02. The van der Waals surface area contributed by atoms with Gasteiger partial charge in [0, 0.05) is 61.1 Å². The van der Waals surface area contributed by atoms with Gasteiger partial charge >= 0.3 is 0 Å². The van der Waals surface area contributed by atoms with Crippen molar-refractivity contribution in [3.63, 3.8) is 0 Å². The zero-order chi connectivity index (χ0) is 57.3. The molecule has 0 atom stereocenters. The lowest BCUT2D eigenvalue weighted by Gasteiger charge is -2.44. The SMILES string of the molecule is CC(C)(C)c1ccc(-c2cc(C(C)(C)C)ccc2N2c3cc4c(cc3B3c5cc6c(cc5Oc5cc(-c7ccc8c(c7)C(C)(C)c7ccccc7N8c7ccccc7)cc2c53)C(C)(C)c2ccccc2O6)Oc2ccccc2C4(C)C)cc1. The van der Waals surface area contributed by atoms with Gasteiger partial charge in [-0.1, -0.05) is 192 Å². The van der Waals surface area contributed by atoms with Gasteiger partial charge < -0.3 is 24.0 Å². The molecule has 0 bridgehead atoms. The minimum atomic E-state index is -0.387. The first-order chi connectivity index (χ1) is 39.7. The summed E-state index contributed by atoms with van der Waals surface area (Å²) in [5.41, 5.74) is 23.1. The highest BCUT2D eigenvalue weighted by atomic mass is 16.5. The molecule has 0 saturated carbocycles. The highest BCUT2D eigenvalue weighted by Crippen LogP contribution is 2.57. The van der Waals surface area contributed by atoms with E-state index in [1.165, 1.54) is 39.2 Å². The molecule has 5 heterocycles. The average Bonchev–Trinajstić information content (AvgIpc) is 1.26. The van der Waals surface area contributed by atoms with E-state index >= 15 is 0 Å². The highest BCUT2D eigenvalue weighted by Gasteiger charge is 2.48. The van der Waals surface area contributed by atoms with E-state index in [0.717, 1.165) is 113 Å². The van der Waals surface area contributed by atoms with Crippen LogP contribution in [0.1, 0.15) is 128 Å². The van der Waals surface area contributed by atoms with Gasteiger partial charge in [0.2, 0.25) is 0 Å². The Morgan fingerprint density at radius 1 is 0.325 bits per heavy atom. The Hall–Kier alpha value is -8.74. The number of nitrogens with zero attached hydrogens (tertiary/aromatic N) is 2. The van der Waals surface area contributed by atoms with E-state index in [0.29, 0.717) is 0 Å². The second-order valence-corrected chi connectivity index (χ2v) is 27.4. The van der Waals surface area contributed by atoms with E-state index in [1.807, 2.05) is 0 Å². The van der Waals surface area contributed by atoms with Gasteiger partial charge in [0.05, 0.1) is 17.1 Å². The summed E-state index contributed by atoms with van der Waals surface area (Å²) >= 11 is 0. The van der Waals surface area contributed by atoms with Crippen LogP contribution in [0, 0.1) is 0 Å². The maximum atomic E-state index is 7.60. The topological polar surface area (TPSA) is 34.2 Å². The number of fused-ring (bicyclic) bond motifs is 10. The van der Waals surface area contributed by atoms with Gasteiger partial charge in [0.15, 0.2) is 0 Å². The fourth-order valence-electron chi connectivity index (χ4n) is 14.4. The molecule has 83 heavy (non-hydrogen) atoms. The van der Waals surface area contributed by atoms with Crippen LogP contribution in [0.3, 0.4) is 0 Å². The van der Waals surface area contributed by atoms with Crippen molar-refractivity contribution in [2.75, 3.05) is 9.80 Å². The van der Waals surface area contributed by atoms with Crippen LogP contribution >= 0.6 is 0 Å². The third kappa shape index (κ3) is 7.67. The number of ether oxygens (including phenoxy) is 3. The smallest absolute Gasteiger partial charge is 0.256 e. The molecule has 0 aromatic heterocycles. The summed E-state index contributed by atoms with van der Waals surface area (Å²) in [6.07, 6.45) is 0. The molecule has 10 aromatic rings. The zero-order valence-electron chi connectivity index (χ0n) is 49.7. The van der Waals surface area contributed by atoms with E-state index < -0.39 is 0 Å². The molecule has 0 spiro atoms. The summed E-state index contributed by atoms with van der Waals surface area (Å²) in [5.74, 6) is 5.17. The van der Waals surface area contributed by atoms with Crippen LogP contribution < -0.4 is 40.4 Å². The summed E-state index contributed by atoms with van der Waals surface area (Å²) < 4.78 is 21.7. The zero-order valence-corrected chi connectivity index (χ0v) is 49.7. The predicted octanol–water partition coefficient (Wildman–Crippen LogP) is 19.0. The summed E-state index contributed by atoms with van der Waals surface area (Å²) in [4.78, 5) is 5.01. The number of hydrogen-bond donors (Lipinski definition) is 0. The lowest BCUT2D eigenvalue weighted by atomic mass is 9.34. The Labute approximate surface area is 490 Å². The Morgan fingerprint density at radius 2 is 0.855 bits per heavy atom. The van der Waals surface area contributed by atoms with Crippen LogP contribution in [0.15, 0.2) is 200 Å². The van der Waals surface area contributed by atoms with Gasteiger partial charge in [0.25, 0.3) is 6.71 Å². The molecule has 0 fully saturated rings. The fraction of sp³-hybridized carbons (Fsp3) is 0.221. The van der Waals surface area contributed by atoms with Crippen LogP contribution in [0.25, 0.3) is 22.3 Å². The van der Waals surface area contributed by atoms with Crippen LogP contribution in [0.4, 0.5) is 34.1 Å². The van der Waals surface area contributed by atoms with E-state index in [1.54, 1.807) is 0 Å². The van der Waals surface area contributed by atoms with Gasteiger partial charge in [-0.25, -0.2) is 0 Å². The molecule has 408 valence electrons. The summed E-state index contributed by atoms with van der Waals surface area (Å²) in [6, 6.07) is 74.5. The molecule has 6 heteroatoms. The Bertz CT molecular complexity index is 4370. The molecule has 0 radical (unpaired) electrons. The fourth-order valence-corrected chi connectivity index (χ4v) is 14.4. The summed E-state index contributed by atoms with van der Waals surface area (Å²) in [6.45, 7) is 27.6. The van der Waals surface area contributed by atoms with Crippen molar-refractivity contribution in [3.8, 4) is 56.8 Å². The van der Waals surface area contributed by atoms with Gasteiger partial charge in [-0.15, -0.1) is 0 Å². The highest BCUT2D eigenvalue weighted by molar-refractivity contribution is 6.99. The second kappa shape index (κ2) is 17.6. The number of benzene rings is 10. The van der Waals surface area contributed by atoms with Gasteiger partial charge in [-0.2, -0.15) is 0 Å². The van der Waals surface area contributed by atoms with Crippen molar-refractivity contribution in [3.05, 3.63) is 245 Å². The van der Waals surface area contributed by atoms with Crippen molar-refractivity contribution in [1.82, 2.24) is 0 Å². The van der Waals surface area contributed by atoms with E-state index in [2.05, 4.69) is 293 Å². The Morgan fingerprint density at radius 3 is 1.52 bits per heavy atom. The summed E-state index contributed by atoms with van der Waals surface area (Å²) in [5, 5.41) is 0. The largest absolute Gasteiger partial charge is 0.458 e. The lowest BCUT2D eigenvalue weighted by Crippen LogP contribution is -2.60. The maximum absolute atomic E-state index is 7.60. The molecular weight excluding hydrogens is 1010 g/mol. The molecule has 15 rings (SSSR count). The van der Waals surface area contributed by atoms with E-state index in [9.17, 15) is 0 Å². The number of hydrogen-bond acceptors (Lipinski definition) is 5. The van der Waals surface area contributed by atoms with E-state index in [4.69, 9.17) is 14.2 Å². The first-order valence-corrected chi connectivity index (χ1v) is 29.6. The average molecular weight is 1080 g/mol. The predicted molar refractivity (Wildman–Crippen MR) is 345 cm³/mol. The molecule has 5 aliphatic heterocycles. The molecular formula is C77H69BN2O3. The minimum absolute atomic E-state index is 0.00361. The van der Waals surface area contributed by atoms with Crippen molar-refractivity contribution in [1.29, 1.82) is 0 Å².